The number of aromatic nitrogens is 2. The lowest BCUT2D eigenvalue weighted by molar-refractivity contribution is 0.756. The van der Waals surface area contributed by atoms with E-state index in [1.54, 1.807) is 0 Å². The first-order valence-corrected chi connectivity index (χ1v) is 5.93. The van der Waals surface area contributed by atoms with Crippen LogP contribution in [-0.2, 0) is 13.6 Å². The van der Waals surface area contributed by atoms with Crippen LogP contribution in [0.3, 0.4) is 0 Å². The Morgan fingerprint density at radius 1 is 1.35 bits per heavy atom. The topological polar surface area (TPSA) is 29.9 Å². The highest BCUT2D eigenvalue weighted by molar-refractivity contribution is 6.33. The number of benzene rings is 1. The molecule has 90 valence electrons. The van der Waals surface area contributed by atoms with Crippen molar-refractivity contribution < 1.29 is 0 Å². The van der Waals surface area contributed by atoms with Crippen LogP contribution in [0, 0.1) is 13.8 Å². The van der Waals surface area contributed by atoms with Gasteiger partial charge < -0.3 is 5.32 Å². The highest BCUT2D eigenvalue weighted by Gasteiger charge is 2.04. The van der Waals surface area contributed by atoms with E-state index < -0.39 is 0 Å². The average Bonchev–Trinajstić information content (AvgIpc) is 2.56. The number of aryl methyl sites for hydroxylation is 3. The average molecular weight is 250 g/mol. The molecule has 17 heavy (non-hydrogen) atoms. The minimum absolute atomic E-state index is 0.739. The predicted octanol–water partition coefficient (Wildman–Crippen LogP) is 3.30. The first kappa shape index (κ1) is 12.0. The Kier molecular flexibility index (Phi) is 3.38. The standard InChI is InChI=1S/C13H16ClN3/c1-9-4-5-13(12(14)6-9)15-7-11-8-17(3)16-10(11)2/h4-6,8,15H,7H2,1-3H3. The molecule has 0 unspecified atom stereocenters. The van der Waals surface area contributed by atoms with Gasteiger partial charge in [-0.15, -0.1) is 0 Å². The third-order valence-corrected chi connectivity index (χ3v) is 3.02. The van der Waals surface area contributed by atoms with E-state index in [0.717, 1.165) is 28.5 Å². The summed E-state index contributed by atoms with van der Waals surface area (Å²) in [6.45, 7) is 4.77. The lowest BCUT2D eigenvalue weighted by atomic mass is 10.2. The number of anilines is 1. The van der Waals surface area contributed by atoms with E-state index in [2.05, 4.69) is 10.4 Å². The van der Waals surface area contributed by atoms with Crippen LogP contribution in [0.5, 0.6) is 0 Å². The van der Waals surface area contributed by atoms with E-state index in [-0.39, 0.29) is 0 Å². The molecule has 2 aromatic rings. The van der Waals surface area contributed by atoms with Crippen LogP contribution in [0.25, 0.3) is 0 Å². The largest absolute Gasteiger partial charge is 0.380 e. The Morgan fingerprint density at radius 2 is 2.12 bits per heavy atom. The number of halogens is 1. The van der Waals surface area contributed by atoms with E-state index in [1.165, 1.54) is 5.56 Å². The fourth-order valence-electron chi connectivity index (χ4n) is 1.78. The summed E-state index contributed by atoms with van der Waals surface area (Å²) in [4.78, 5) is 0. The lowest BCUT2D eigenvalue weighted by Gasteiger charge is -2.08. The molecule has 1 aromatic heterocycles. The molecule has 0 radical (unpaired) electrons. The summed E-state index contributed by atoms with van der Waals surface area (Å²) in [7, 11) is 1.93. The van der Waals surface area contributed by atoms with Gasteiger partial charge in [-0.05, 0) is 31.5 Å². The summed E-state index contributed by atoms with van der Waals surface area (Å²) in [5.41, 5.74) is 4.35. The molecular formula is C13H16ClN3. The quantitative estimate of drug-likeness (QED) is 0.905. The number of nitrogens with zero attached hydrogens (tertiary/aromatic N) is 2. The smallest absolute Gasteiger partial charge is 0.0643 e. The van der Waals surface area contributed by atoms with Crippen molar-refractivity contribution in [3.8, 4) is 0 Å². The Balaban J connectivity index is 2.10. The second-order valence-corrected chi connectivity index (χ2v) is 4.66. The molecule has 0 fully saturated rings. The van der Waals surface area contributed by atoms with E-state index in [9.17, 15) is 0 Å². The molecule has 0 aliphatic carbocycles. The fraction of sp³-hybridized carbons (Fsp3) is 0.308. The maximum absolute atomic E-state index is 6.16. The van der Waals surface area contributed by atoms with Crippen molar-refractivity contribution in [3.05, 3.63) is 46.2 Å². The molecule has 0 saturated carbocycles. The van der Waals surface area contributed by atoms with Crippen LogP contribution in [0.2, 0.25) is 5.02 Å². The number of hydrogen-bond acceptors (Lipinski definition) is 2. The Labute approximate surface area is 106 Å². The van der Waals surface area contributed by atoms with Crippen molar-refractivity contribution in [2.24, 2.45) is 7.05 Å². The summed E-state index contributed by atoms with van der Waals surface area (Å²) in [6, 6.07) is 6.01. The molecule has 0 amide bonds. The summed E-state index contributed by atoms with van der Waals surface area (Å²) in [5, 5.41) is 8.38. The van der Waals surface area contributed by atoms with Gasteiger partial charge >= 0.3 is 0 Å². The highest BCUT2D eigenvalue weighted by atomic mass is 35.5. The molecule has 1 aromatic carbocycles. The van der Waals surface area contributed by atoms with E-state index in [1.807, 2.05) is 50.0 Å². The fourth-order valence-corrected chi connectivity index (χ4v) is 2.08. The van der Waals surface area contributed by atoms with Gasteiger partial charge in [-0.25, -0.2) is 0 Å². The van der Waals surface area contributed by atoms with Crippen LogP contribution in [0.15, 0.2) is 24.4 Å². The van der Waals surface area contributed by atoms with Crippen LogP contribution in [-0.4, -0.2) is 9.78 Å². The van der Waals surface area contributed by atoms with E-state index >= 15 is 0 Å². The van der Waals surface area contributed by atoms with E-state index in [4.69, 9.17) is 11.6 Å². The third-order valence-electron chi connectivity index (χ3n) is 2.71. The van der Waals surface area contributed by atoms with Crippen molar-refractivity contribution in [2.75, 3.05) is 5.32 Å². The maximum Gasteiger partial charge on any atom is 0.0643 e. The zero-order valence-corrected chi connectivity index (χ0v) is 11.0. The first-order chi connectivity index (χ1) is 8.06. The normalized spacial score (nSPS) is 10.6. The van der Waals surface area contributed by atoms with Crippen molar-refractivity contribution in [1.29, 1.82) is 0 Å². The Bertz CT molecular complexity index is 531. The molecule has 2 rings (SSSR count). The van der Waals surface area contributed by atoms with Crippen molar-refractivity contribution in [3.63, 3.8) is 0 Å². The van der Waals surface area contributed by atoms with Gasteiger partial charge in [0.15, 0.2) is 0 Å². The molecule has 3 nitrogen and oxygen atoms in total. The molecule has 1 heterocycles. The third kappa shape index (κ3) is 2.80. The molecule has 0 aliphatic rings. The summed E-state index contributed by atoms with van der Waals surface area (Å²) >= 11 is 6.16. The molecular weight excluding hydrogens is 234 g/mol. The second-order valence-electron chi connectivity index (χ2n) is 4.25. The summed E-state index contributed by atoms with van der Waals surface area (Å²) in [5.74, 6) is 0. The summed E-state index contributed by atoms with van der Waals surface area (Å²) in [6.07, 6.45) is 2.02. The minimum Gasteiger partial charge on any atom is -0.380 e. The molecule has 0 atom stereocenters. The van der Waals surface area contributed by atoms with Gasteiger partial charge in [-0.1, -0.05) is 17.7 Å². The molecule has 0 spiro atoms. The van der Waals surface area contributed by atoms with Gasteiger partial charge in [0.2, 0.25) is 0 Å². The molecule has 0 saturated heterocycles. The Morgan fingerprint density at radius 3 is 2.71 bits per heavy atom. The monoisotopic (exact) mass is 249 g/mol. The highest BCUT2D eigenvalue weighted by Crippen LogP contribution is 2.23. The van der Waals surface area contributed by atoms with Crippen molar-refractivity contribution >= 4 is 17.3 Å². The lowest BCUT2D eigenvalue weighted by Crippen LogP contribution is -2.00. The first-order valence-electron chi connectivity index (χ1n) is 5.55. The zero-order chi connectivity index (χ0) is 12.4. The van der Waals surface area contributed by atoms with E-state index in [0.29, 0.717) is 0 Å². The van der Waals surface area contributed by atoms with Crippen LogP contribution in [0.1, 0.15) is 16.8 Å². The molecule has 0 aliphatic heterocycles. The second kappa shape index (κ2) is 4.80. The molecule has 4 heteroatoms. The maximum atomic E-state index is 6.16. The van der Waals surface area contributed by atoms with Gasteiger partial charge in [0.25, 0.3) is 0 Å². The van der Waals surface area contributed by atoms with Crippen LogP contribution >= 0.6 is 11.6 Å². The van der Waals surface area contributed by atoms with Gasteiger partial charge in [0.05, 0.1) is 16.4 Å². The summed E-state index contributed by atoms with van der Waals surface area (Å²) < 4.78 is 1.82. The van der Waals surface area contributed by atoms with Gasteiger partial charge in [0.1, 0.15) is 0 Å². The number of hydrogen-bond donors (Lipinski definition) is 1. The van der Waals surface area contributed by atoms with Gasteiger partial charge in [-0.3, -0.25) is 4.68 Å². The molecule has 0 bridgehead atoms. The Hall–Kier alpha value is -1.48. The van der Waals surface area contributed by atoms with Crippen LogP contribution in [0.4, 0.5) is 5.69 Å². The SMILES string of the molecule is Cc1ccc(NCc2cn(C)nc2C)c(Cl)c1. The van der Waals surface area contributed by atoms with Gasteiger partial charge in [-0.2, -0.15) is 5.10 Å². The molecule has 1 N–H and O–H groups in total. The van der Waals surface area contributed by atoms with Gasteiger partial charge in [0, 0.05) is 25.4 Å². The number of nitrogens with one attached hydrogen (secondary N) is 1. The zero-order valence-electron chi connectivity index (χ0n) is 10.3. The van der Waals surface area contributed by atoms with Crippen molar-refractivity contribution in [1.82, 2.24) is 9.78 Å². The van der Waals surface area contributed by atoms with Crippen LogP contribution < -0.4 is 5.32 Å². The minimum atomic E-state index is 0.739. The number of rotatable bonds is 3. The van der Waals surface area contributed by atoms with Crippen molar-refractivity contribution in [2.45, 2.75) is 20.4 Å². The predicted molar refractivity (Wildman–Crippen MR) is 71.5 cm³/mol.